The molecule has 1 rings (SSSR count). The second kappa shape index (κ2) is 7.59. The first kappa shape index (κ1) is 16.1. The molecule has 0 saturated heterocycles. The van der Waals surface area contributed by atoms with E-state index in [2.05, 4.69) is 0 Å². The molecule has 0 radical (unpaired) electrons. The van der Waals surface area contributed by atoms with Crippen LogP contribution in [-0.4, -0.2) is 23.9 Å². The summed E-state index contributed by atoms with van der Waals surface area (Å²) in [5.41, 5.74) is 6.11. The van der Waals surface area contributed by atoms with Gasteiger partial charge in [0.2, 0.25) is 0 Å². The normalized spacial score (nSPS) is 9.60. The van der Waals surface area contributed by atoms with Gasteiger partial charge >= 0.3 is 0 Å². The molecule has 0 aromatic heterocycles. The highest BCUT2D eigenvalue weighted by molar-refractivity contribution is 6.39. The first-order chi connectivity index (χ1) is 9.51. The van der Waals surface area contributed by atoms with E-state index in [4.69, 9.17) is 39.5 Å². The van der Waals surface area contributed by atoms with Crippen LogP contribution in [0.15, 0.2) is 12.1 Å². The molecule has 1 aromatic rings. The average molecular weight is 311 g/mol. The van der Waals surface area contributed by atoms with Gasteiger partial charge in [0, 0.05) is 18.7 Å². The summed E-state index contributed by atoms with van der Waals surface area (Å²) < 4.78 is 0. The second-order valence-electron chi connectivity index (χ2n) is 3.96. The van der Waals surface area contributed by atoms with Gasteiger partial charge in [-0.15, -0.1) is 0 Å². The highest BCUT2D eigenvalue weighted by Crippen LogP contribution is 2.29. The quantitative estimate of drug-likeness (QED) is 0.846. The van der Waals surface area contributed by atoms with Crippen LogP contribution in [0.5, 0.6) is 0 Å². The number of nitrogens with two attached hydrogens (primary N) is 1. The SMILES string of the molecule is N#CCCN(CCC#N)C(=O)c1cc(Cl)c(N)c(Cl)c1. The minimum absolute atomic E-state index is 0.188. The van der Waals surface area contributed by atoms with Gasteiger partial charge in [0.15, 0.2) is 0 Å². The Bertz CT molecular complexity index is 548. The number of anilines is 1. The number of carbonyl (C=O) groups excluding carboxylic acids is 1. The maximum absolute atomic E-state index is 12.3. The molecule has 0 saturated carbocycles. The van der Waals surface area contributed by atoms with Crippen LogP contribution in [0, 0.1) is 22.7 Å². The van der Waals surface area contributed by atoms with Crippen molar-refractivity contribution in [3.05, 3.63) is 27.7 Å². The lowest BCUT2D eigenvalue weighted by atomic mass is 10.1. The second-order valence-corrected chi connectivity index (χ2v) is 4.78. The number of hydrogen-bond donors (Lipinski definition) is 1. The van der Waals surface area contributed by atoms with Crippen molar-refractivity contribution in [2.24, 2.45) is 0 Å². The molecule has 0 aliphatic carbocycles. The maximum Gasteiger partial charge on any atom is 0.254 e. The van der Waals surface area contributed by atoms with Gasteiger partial charge in [-0.2, -0.15) is 10.5 Å². The van der Waals surface area contributed by atoms with Crippen molar-refractivity contribution in [1.82, 2.24) is 4.90 Å². The van der Waals surface area contributed by atoms with Crippen molar-refractivity contribution < 1.29 is 4.79 Å². The lowest BCUT2D eigenvalue weighted by Crippen LogP contribution is -2.32. The van der Waals surface area contributed by atoms with Crippen LogP contribution >= 0.6 is 23.2 Å². The summed E-state index contributed by atoms with van der Waals surface area (Å²) in [5.74, 6) is -0.334. The molecule has 7 heteroatoms. The molecule has 20 heavy (non-hydrogen) atoms. The Morgan fingerprint density at radius 3 is 2.00 bits per heavy atom. The Hall–Kier alpha value is -1.95. The summed E-state index contributed by atoms with van der Waals surface area (Å²) in [7, 11) is 0. The van der Waals surface area contributed by atoms with Crippen molar-refractivity contribution in [2.75, 3.05) is 18.8 Å². The molecule has 1 amide bonds. The molecule has 0 aliphatic heterocycles. The number of nitrogen functional groups attached to an aromatic ring is 1. The summed E-state index contributed by atoms with van der Waals surface area (Å²) in [6.07, 6.45) is 0.376. The Balaban J connectivity index is 2.99. The van der Waals surface area contributed by atoms with E-state index < -0.39 is 0 Å². The van der Waals surface area contributed by atoms with Crippen molar-refractivity contribution in [2.45, 2.75) is 12.8 Å². The lowest BCUT2D eigenvalue weighted by Gasteiger charge is -2.20. The van der Waals surface area contributed by atoms with Gasteiger partial charge in [0.05, 0.1) is 40.7 Å². The fourth-order valence-electron chi connectivity index (χ4n) is 1.58. The topological polar surface area (TPSA) is 93.9 Å². The molecule has 0 aliphatic rings. The van der Waals surface area contributed by atoms with Gasteiger partial charge < -0.3 is 10.6 Å². The molecular weight excluding hydrogens is 299 g/mol. The van der Waals surface area contributed by atoms with Gasteiger partial charge in [0.1, 0.15) is 0 Å². The van der Waals surface area contributed by atoms with E-state index in [9.17, 15) is 4.79 Å². The van der Waals surface area contributed by atoms with E-state index in [1.807, 2.05) is 12.1 Å². The molecule has 0 fully saturated rings. The Morgan fingerprint density at radius 1 is 1.15 bits per heavy atom. The van der Waals surface area contributed by atoms with Gasteiger partial charge in [-0.25, -0.2) is 0 Å². The number of carbonyl (C=O) groups is 1. The van der Waals surface area contributed by atoms with Crippen LogP contribution in [0.1, 0.15) is 23.2 Å². The molecular formula is C13H12Cl2N4O. The molecule has 5 nitrogen and oxygen atoms in total. The van der Waals surface area contributed by atoms with Crippen LogP contribution in [0.2, 0.25) is 10.0 Å². The summed E-state index contributed by atoms with van der Waals surface area (Å²) in [4.78, 5) is 13.7. The number of nitriles is 2. The van der Waals surface area contributed by atoms with Gasteiger partial charge in [0.25, 0.3) is 5.91 Å². The third-order valence-electron chi connectivity index (χ3n) is 2.60. The number of halogens is 2. The number of rotatable bonds is 5. The van der Waals surface area contributed by atoms with Gasteiger partial charge in [-0.1, -0.05) is 23.2 Å². The first-order valence-corrected chi connectivity index (χ1v) is 6.54. The zero-order valence-corrected chi connectivity index (χ0v) is 12.1. The van der Waals surface area contributed by atoms with E-state index in [-0.39, 0.29) is 53.1 Å². The highest BCUT2D eigenvalue weighted by Gasteiger charge is 2.17. The predicted octanol–water partition coefficient (Wildman–Crippen LogP) is 2.85. The van der Waals surface area contributed by atoms with E-state index in [1.54, 1.807) is 0 Å². The Morgan fingerprint density at radius 2 is 1.60 bits per heavy atom. The largest absolute Gasteiger partial charge is 0.396 e. The molecule has 2 N–H and O–H groups in total. The zero-order chi connectivity index (χ0) is 15.1. The van der Waals surface area contributed by atoms with Crippen LogP contribution < -0.4 is 5.73 Å². The fourth-order valence-corrected chi connectivity index (χ4v) is 2.06. The molecule has 0 unspecified atom stereocenters. The molecule has 0 heterocycles. The lowest BCUT2D eigenvalue weighted by molar-refractivity contribution is 0.0762. The van der Waals surface area contributed by atoms with Gasteiger partial charge in [-0.05, 0) is 12.1 Å². The predicted molar refractivity (Wildman–Crippen MR) is 77.2 cm³/mol. The average Bonchev–Trinajstić information content (AvgIpc) is 2.43. The molecule has 0 bridgehead atoms. The van der Waals surface area contributed by atoms with E-state index in [0.29, 0.717) is 0 Å². The number of nitrogens with zero attached hydrogens (tertiary/aromatic N) is 3. The van der Waals surface area contributed by atoms with Crippen molar-refractivity contribution in [3.8, 4) is 12.1 Å². The molecule has 0 spiro atoms. The Labute approximate surface area is 127 Å². The van der Waals surface area contributed by atoms with Crippen molar-refractivity contribution in [1.29, 1.82) is 10.5 Å². The summed E-state index contributed by atoms with van der Waals surface area (Å²) in [6.45, 7) is 0.493. The minimum atomic E-state index is -0.334. The summed E-state index contributed by atoms with van der Waals surface area (Å²) >= 11 is 11.8. The fraction of sp³-hybridized carbons (Fsp3) is 0.308. The standard InChI is InChI=1S/C13H12Cl2N4O/c14-10-7-9(8-11(15)12(10)18)13(20)19(5-1-3-16)6-2-4-17/h7-8H,1-2,5-6,18H2. The number of hydrogen-bond acceptors (Lipinski definition) is 4. The third-order valence-corrected chi connectivity index (χ3v) is 3.23. The zero-order valence-electron chi connectivity index (χ0n) is 10.6. The third kappa shape index (κ3) is 4.03. The minimum Gasteiger partial charge on any atom is -0.396 e. The van der Waals surface area contributed by atoms with Crippen molar-refractivity contribution >= 4 is 34.8 Å². The van der Waals surface area contributed by atoms with Crippen molar-refractivity contribution in [3.63, 3.8) is 0 Å². The number of benzene rings is 1. The summed E-state index contributed by atoms with van der Waals surface area (Å²) in [6, 6.07) is 6.78. The monoisotopic (exact) mass is 310 g/mol. The molecule has 0 atom stereocenters. The molecule has 104 valence electrons. The maximum atomic E-state index is 12.3. The van der Waals surface area contributed by atoms with E-state index >= 15 is 0 Å². The van der Waals surface area contributed by atoms with Crippen LogP contribution in [-0.2, 0) is 0 Å². The van der Waals surface area contributed by atoms with Crippen LogP contribution in [0.25, 0.3) is 0 Å². The van der Waals surface area contributed by atoms with Crippen LogP contribution in [0.4, 0.5) is 5.69 Å². The van der Waals surface area contributed by atoms with Gasteiger partial charge in [-0.3, -0.25) is 4.79 Å². The smallest absolute Gasteiger partial charge is 0.254 e. The molecule has 1 aromatic carbocycles. The van der Waals surface area contributed by atoms with E-state index in [1.165, 1.54) is 17.0 Å². The van der Waals surface area contributed by atoms with E-state index in [0.717, 1.165) is 0 Å². The summed E-state index contributed by atoms with van der Waals surface area (Å²) in [5, 5.41) is 17.6. The Kier molecular flexibility index (Phi) is 6.11. The first-order valence-electron chi connectivity index (χ1n) is 5.79. The van der Waals surface area contributed by atoms with Crippen LogP contribution in [0.3, 0.4) is 0 Å². The highest BCUT2D eigenvalue weighted by atomic mass is 35.5. The number of amides is 1.